The zero-order valence-electron chi connectivity index (χ0n) is 9.29. The largest absolute Gasteiger partial charge is 0.350 e. The zero-order valence-corrected chi connectivity index (χ0v) is 10.0. The molecule has 2 amide bonds. The van der Waals surface area contributed by atoms with E-state index in [1.54, 1.807) is 5.01 Å². The lowest BCUT2D eigenvalue weighted by Gasteiger charge is -2.38. The van der Waals surface area contributed by atoms with Gasteiger partial charge in [-0.3, -0.25) is 5.01 Å². The molecular formula is C10H20ClN3O. The van der Waals surface area contributed by atoms with Gasteiger partial charge in [-0.15, -0.1) is 11.6 Å². The smallest absolute Gasteiger partial charge is 0.329 e. The molecule has 0 spiro atoms. The fourth-order valence-electron chi connectivity index (χ4n) is 1.84. The third-order valence-corrected chi connectivity index (χ3v) is 3.13. The van der Waals surface area contributed by atoms with Crippen LogP contribution in [0.25, 0.3) is 0 Å². The highest BCUT2D eigenvalue weighted by atomic mass is 35.5. The Morgan fingerprint density at radius 1 is 1.53 bits per heavy atom. The Balaban J connectivity index is 2.44. The van der Waals surface area contributed by atoms with Gasteiger partial charge in [0.2, 0.25) is 0 Å². The normalized spacial score (nSPS) is 19.1. The van der Waals surface area contributed by atoms with E-state index in [1.807, 2.05) is 0 Å². The van der Waals surface area contributed by atoms with Crippen molar-refractivity contribution in [2.75, 3.05) is 25.5 Å². The predicted molar refractivity (Wildman–Crippen MR) is 61.6 cm³/mol. The number of amides is 2. The van der Waals surface area contributed by atoms with E-state index in [0.717, 1.165) is 38.3 Å². The van der Waals surface area contributed by atoms with Crippen LogP contribution in [0, 0.1) is 5.92 Å². The molecule has 0 aliphatic carbocycles. The van der Waals surface area contributed by atoms with Crippen molar-refractivity contribution in [3.8, 4) is 0 Å². The number of alkyl halides is 1. The van der Waals surface area contributed by atoms with Gasteiger partial charge in [0.25, 0.3) is 0 Å². The molecule has 15 heavy (non-hydrogen) atoms. The number of hydrogen-bond donors (Lipinski definition) is 1. The monoisotopic (exact) mass is 233 g/mol. The summed E-state index contributed by atoms with van der Waals surface area (Å²) in [5, 5.41) is 3.68. The molecule has 0 unspecified atom stereocenters. The maximum absolute atomic E-state index is 11.2. The number of piperidine rings is 1. The maximum Gasteiger partial charge on any atom is 0.329 e. The van der Waals surface area contributed by atoms with E-state index in [4.69, 9.17) is 17.3 Å². The molecule has 1 saturated heterocycles. The number of nitrogens with two attached hydrogens (primary N) is 1. The van der Waals surface area contributed by atoms with Crippen LogP contribution in [0.15, 0.2) is 0 Å². The second kappa shape index (κ2) is 6.18. The highest BCUT2D eigenvalue weighted by Gasteiger charge is 2.23. The Morgan fingerprint density at radius 3 is 2.60 bits per heavy atom. The summed E-state index contributed by atoms with van der Waals surface area (Å²) in [7, 11) is 0. The number of primary amides is 1. The van der Waals surface area contributed by atoms with Gasteiger partial charge in [0.1, 0.15) is 0 Å². The number of carbonyl (C=O) groups excluding carboxylic acids is 1. The molecule has 4 nitrogen and oxygen atoms in total. The van der Waals surface area contributed by atoms with Gasteiger partial charge in [0.05, 0.1) is 0 Å². The average Bonchev–Trinajstić information content (AvgIpc) is 2.21. The van der Waals surface area contributed by atoms with Crippen molar-refractivity contribution in [1.29, 1.82) is 0 Å². The van der Waals surface area contributed by atoms with Crippen LogP contribution in [0.1, 0.15) is 26.2 Å². The van der Waals surface area contributed by atoms with Crippen LogP contribution in [-0.4, -0.2) is 41.6 Å². The SMILES string of the molecule is CC1CCN(N(CCCCl)C(N)=O)CC1. The van der Waals surface area contributed by atoms with Gasteiger partial charge >= 0.3 is 6.03 Å². The molecule has 1 aliphatic heterocycles. The van der Waals surface area contributed by atoms with Crippen LogP contribution in [0.3, 0.4) is 0 Å². The Morgan fingerprint density at radius 2 is 2.13 bits per heavy atom. The van der Waals surface area contributed by atoms with Crippen molar-refractivity contribution in [2.45, 2.75) is 26.2 Å². The minimum absolute atomic E-state index is 0.366. The molecule has 0 bridgehead atoms. The predicted octanol–water partition coefficient (Wildman–Crippen LogP) is 1.64. The lowest BCUT2D eigenvalue weighted by atomic mass is 10.0. The van der Waals surface area contributed by atoms with Crippen LogP contribution in [-0.2, 0) is 0 Å². The summed E-state index contributed by atoms with van der Waals surface area (Å²) in [5.41, 5.74) is 5.35. The van der Waals surface area contributed by atoms with E-state index in [2.05, 4.69) is 11.9 Å². The highest BCUT2D eigenvalue weighted by Crippen LogP contribution is 2.17. The first kappa shape index (κ1) is 12.6. The fraction of sp³-hybridized carbons (Fsp3) is 0.900. The van der Waals surface area contributed by atoms with Crippen LogP contribution < -0.4 is 5.73 Å². The second-order valence-electron chi connectivity index (χ2n) is 4.14. The molecule has 0 aromatic carbocycles. The van der Waals surface area contributed by atoms with Crippen molar-refractivity contribution in [1.82, 2.24) is 10.0 Å². The average molecular weight is 234 g/mol. The third kappa shape index (κ3) is 3.87. The molecule has 0 radical (unpaired) electrons. The van der Waals surface area contributed by atoms with Crippen molar-refractivity contribution in [3.63, 3.8) is 0 Å². The van der Waals surface area contributed by atoms with Crippen LogP contribution in [0.4, 0.5) is 4.79 Å². The van der Waals surface area contributed by atoms with E-state index in [0.29, 0.717) is 12.4 Å². The van der Waals surface area contributed by atoms with E-state index in [9.17, 15) is 4.79 Å². The zero-order chi connectivity index (χ0) is 11.3. The number of carbonyl (C=O) groups is 1. The molecule has 5 heteroatoms. The van der Waals surface area contributed by atoms with Crippen molar-refractivity contribution in [3.05, 3.63) is 0 Å². The Bertz CT molecular complexity index is 205. The number of nitrogens with zero attached hydrogens (tertiary/aromatic N) is 2. The molecule has 0 aromatic heterocycles. The number of hydrogen-bond acceptors (Lipinski definition) is 2. The number of halogens is 1. The molecule has 0 saturated carbocycles. The second-order valence-corrected chi connectivity index (χ2v) is 4.52. The van der Waals surface area contributed by atoms with Gasteiger partial charge in [0.15, 0.2) is 0 Å². The molecular weight excluding hydrogens is 214 g/mol. The van der Waals surface area contributed by atoms with Crippen molar-refractivity contribution < 1.29 is 4.79 Å². The summed E-state index contributed by atoms with van der Waals surface area (Å²) < 4.78 is 0. The summed E-state index contributed by atoms with van der Waals surface area (Å²) >= 11 is 5.62. The van der Waals surface area contributed by atoms with Gasteiger partial charge in [-0.1, -0.05) is 6.92 Å². The van der Waals surface area contributed by atoms with E-state index in [1.165, 1.54) is 0 Å². The molecule has 2 N–H and O–H groups in total. The molecule has 1 heterocycles. The molecule has 88 valence electrons. The van der Waals surface area contributed by atoms with Crippen molar-refractivity contribution >= 4 is 17.6 Å². The van der Waals surface area contributed by atoms with E-state index in [-0.39, 0.29) is 6.03 Å². The first-order valence-electron chi connectivity index (χ1n) is 5.53. The van der Waals surface area contributed by atoms with Gasteiger partial charge < -0.3 is 5.73 Å². The molecule has 1 fully saturated rings. The number of hydrazine groups is 1. The molecule has 0 aromatic rings. The van der Waals surface area contributed by atoms with Gasteiger partial charge in [-0.05, 0) is 25.2 Å². The number of rotatable bonds is 4. The minimum Gasteiger partial charge on any atom is -0.350 e. The first-order chi connectivity index (χ1) is 7.15. The van der Waals surface area contributed by atoms with Crippen LogP contribution >= 0.6 is 11.6 Å². The van der Waals surface area contributed by atoms with Crippen LogP contribution in [0.5, 0.6) is 0 Å². The fourth-order valence-corrected chi connectivity index (χ4v) is 1.96. The number of urea groups is 1. The quantitative estimate of drug-likeness (QED) is 0.751. The Hall–Kier alpha value is -0.480. The standard InChI is InChI=1S/C10H20ClN3O/c1-9-3-7-13(8-4-9)14(10(12)15)6-2-5-11/h9H,2-8H2,1H3,(H2,12,15). The Labute approximate surface area is 96.3 Å². The van der Waals surface area contributed by atoms with Gasteiger partial charge in [0, 0.05) is 25.5 Å². The lowest BCUT2D eigenvalue weighted by molar-refractivity contribution is -0.00800. The minimum atomic E-state index is -0.366. The summed E-state index contributed by atoms with van der Waals surface area (Å²) in [6.45, 7) is 4.72. The van der Waals surface area contributed by atoms with Gasteiger partial charge in [-0.2, -0.15) is 0 Å². The summed E-state index contributed by atoms with van der Waals surface area (Å²) in [5.74, 6) is 1.32. The van der Waals surface area contributed by atoms with Crippen LogP contribution in [0.2, 0.25) is 0 Å². The highest BCUT2D eigenvalue weighted by molar-refractivity contribution is 6.17. The summed E-state index contributed by atoms with van der Waals surface area (Å²) in [4.78, 5) is 11.2. The summed E-state index contributed by atoms with van der Waals surface area (Å²) in [6, 6.07) is -0.366. The van der Waals surface area contributed by atoms with Crippen molar-refractivity contribution in [2.24, 2.45) is 11.7 Å². The first-order valence-corrected chi connectivity index (χ1v) is 6.06. The van der Waals surface area contributed by atoms with E-state index < -0.39 is 0 Å². The van der Waals surface area contributed by atoms with Gasteiger partial charge in [-0.25, -0.2) is 9.80 Å². The van der Waals surface area contributed by atoms with E-state index >= 15 is 0 Å². The molecule has 1 rings (SSSR count). The molecule has 1 aliphatic rings. The topological polar surface area (TPSA) is 49.6 Å². The molecule has 0 atom stereocenters. The lowest BCUT2D eigenvalue weighted by Crippen LogP contribution is -2.52. The Kier molecular flexibility index (Phi) is 5.19. The summed E-state index contributed by atoms with van der Waals surface area (Å²) in [6.07, 6.45) is 3.05. The third-order valence-electron chi connectivity index (χ3n) is 2.86. The maximum atomic E-state index is 11.2.